The van der Waals surface area contributed by atoms with E-state index in [1.807, 2.05) is 0 Å². The number of thiophene rings is 1. The molecule has 0 bridgehead atoms. The van der Waals surface area contributed by atoms with Gasteiger partial charge in [0.05, 0.1) is 17.6 Å². The van der Waals surface area contributed by atoms with Crippen molar-refractivity contribution in [3.8, 4) is 0 Å². The van der Waals surface area contributed by atoms with Gasteiger partial charge in [-0.25, -0.2) is 16.8 Å². The first-order chi connectivity index (χ1) is 10.4. The number of hydrogen-bond donors (Lipinski definition) is 0. The first kappa shape index (κ1) is 16.4. The van der Waals surface area contributed by atoms with E-state index in [-0.39, 0.29) is 28.4 Å². The van der Waals surface area contributed by atoms with E-state index in [1.165, 1.54) is 4.31 Å². The maximum absolute atomic E-state index is 12.9. The Hall–Kier alpha value is -0.480. The molecule has 1 aromatic heterocycles. The van der Waals surface area contributed by atoms with Crippen molar-refractivity contribution in [3.63, 3.8) is 0 Å². The lowest BCUT2D eigenvalue weighted by Crippen LogP contribution is -2.44. The van der Waals surface area contributed by atoms with Gasteiger partial charge < -0.3 is 4.74 Å². The van der Waals surface area contributed by atoms with Gasteiger partial charge in [-0.15, -0.1) is 11.3 Å². The first-order valence-electron chi connectivity index (χ1n) is 7.26. The molecule has 3 rings (SSSR count). The Labute approximate surface area is 135 Å². The van der Waals surface area contributed by atoms with Crippen molar-refractivity contribution in [2.24, 2.45) is 0 Å². The SMILES string of the molecule is O=S1(=O)CCC(N(CC2CCCO2)S(=O)(=O)c2cccs2)C1. The predicted octanol–water partition coefficient (Wildman–Crippen LogP) is 1.10. The minimum absolute atomic E-state index is 0.0552. The summed E-state index contributed by atoms with van der Waals surface area (Å²) in [6.45, 7) is 0.876. The summed E-state index contributed by atoms with van der Waals surface area (Å²) in [7, 11) is -6.82. The van der Waals surface area contributed by atoms with E-state index in [4.69, 9.17) is 4.74 Å². The van der Waals surface area contributed by atoms with E-state index in [0.29, 0.717) is 13.0 Å². The van der Waals surface area contributed by atoms with Crippen molar-refractivity contribution >= 4 is 31.2 Å². The molecule has 2 saturated heterocycles. The summed E-state index contributed by atoms with van der Waals surface area (Å²) in [5.74, 6) is -0.0377. The molecule has 22 heavy (non-hydrogen) atoms. The van der Waals surface area contributed by atoms with Crippen LogP contribution in [0.25, 0.3) is 0 Å². The molecule has 124 valence electrons. The number of hydrogen-bond acceptors (Lipinski definition) is 6. The Balaban J connectivity index is 1.89. The minimum Gasteiger partial charge on any atom is -0.377 e. The van der Waals surface area contributed by atoms with Crippen LogP contribution in [0, 0.1) is 0 Å². The molecule has 3 heterocycles. The summed E-state index contributed by atoms with van der Waals surface area (Å²) in [5, 5.41) is 1.71. The van der Waals surface area contributed by atoms with Gasteiger partial charge in [0.25, 0.3) is 10.0 Å². The average Bonchev–Trinajstić information content (AvgIpc) is 3.17. The molecular formula is C13H19NO5S3. The Morgan fingerprint density at radius 3 is 2.73 bits per heavy atom. The lowest BCUT2D eigenvalue weighted by atomic mass is 10.2. The summed E-state index contributed by atoms with van der Waals surface area (Å²) in [5.41, 5.74) is 0. The molecule has 1 aromatic rings. The topological polar surface area (TPSA) is 80.8 Å². The summed E-state index contributed by atoms with van der Waals surface area (Å²) in [6.07, 6.45) is 1.95. The molecule has 0 aromatic carbocycles. The van der Waals surface area contributed by atoms with Gasteiger partial charge in [-0.1, -0.05) is 6.07 Å². The van der Waals surface area contributed by atoms with Crippen molar-refractivity contribution in [3.05, 3.63) is 17.5 Å². The fourth-order valence-electron chi connectivity index (χ4n) is 2.96. The molecule has 6 nitrogen and oxygen atoms in total. The molecule has 2 atom stereocenters. The lowest BCUT2D eigenvalue weighted by molar-refractivity contribution is 0.0877. The second kappa shape index (κ2) is 6.20. The third-order valence-electron chi connectivity index (χ3n) is 4.08. The highest BCUT2D eigenvalue weighted by Gasteiger charge is 2.40. The van der Waals surface area contributed by atoms with Crippen LogP contribution < -0.4 is 0 Å². The molecule has 0 spiro atoms. The molecule has 9 heteroatoms. The molecule has 2 fully saturated rings. The first-order valence-corrected chi connectivity index (χ1v) is 11.4. The van der Waals surface area contributed by atoms with Gasteiger partial charge in [-0.2, -0.15) is 4.31 Å². The second-order valence-corrected chi connectivity index (χ2v) is 11.0. The van der Waals surface area contributed by atoms with Crippen molar-refractivity contribution in [2.75, 3.05) is 24.7 Å². The quantitative estimate of drug-likeness (QED) is 0.781. The number of rotatable bonds is 5. The van der Waals surface area contributed by atoms with Crippen LogP contribution in [-0.4, -0.2) is 57.9 Å². The van der Waals surface area contributed by atoms with Crippen LogP contribution in [0.1, 0.15) is 19.3 Å². The maximum atomic E-state index is 12.9. The fourth-order valence-corrected chi connectivity index (χ4v) is 7.59. The molecule has 0 saturated carbocycles. The van der Waals surface area contributed by atoms with Crippen LogP contribution >= 0.6 is 11.3 Å². The van der Waals surface area contributed by atoms with Crippen LogP contribution in [0.4, 0.5) is 0 Å². The lowest BCUT2D eigenvalue weighted by Gasteiger charge is -2.28. The van der Waals surface area contributed by atoms with E-state index in [2.05, 4.69) is 0 Å². The van der Waals surface area contributed by atoms with Gasteiger partial charge in [0.2, 0.25) is 0 Å². The molecule has 0 aliphatic carbocycles. The minimum atomic E-state index is -3.67. The van der Waals surface area contributed by atoms with Crippen LogP contribution in [0.15, 0.2) is 21.7 Å². The van der Waals surface area contributed by atoms with Crippen molar-refractivity contribution in [1.29, 1.82) is 0 Å². The third-order valence-corrected chi connectivity index (χ3v) is 9.12. The number of ether oxygens (including phenoxy) is 1. The van der Waals surface area contributed by atoms with Crippen LogP contribution in [0.2, 0.25) is 0 Å². The van der Waals surface area contributed by atoms with Crippen LogP contribution in [-0.2, 0) is 24.6 Å². The van der Waals surface area contributed by atoms with Crippen LogP contribution in [0.3, 0.4) is 0 Å². The Morgan fingerprint density at radius 1 is 1.36 bits per heavy atom. The number of sulfone groups is 1. The molecule has 0 N–H and O–H groups in total. The molecule has 2 aliphatic rings. The summed E-state index contributed by atoms with van der Waals surface area (Å²) < 4.78 is 56.4. The highest BCUT2D eigenvalue weighted by atomic mass is 32.2. The van der Waals surface area contributed by atoms with E-state index < -0.39 is 25.9 Å². The van der Waals surface area contributed by atoms with Gasteiger partial charge in [0.1, 0.15) is 4.21 Å². The number of nitrogens with zero attached hydrogens (tertiary/aromatic N) is 1. The smallest absolute Gasteiger partial charge is 0.252 e. The summed E-state index contributed by atoms with van der Waals surface area (Å²) >= 11 is 1.15. The van der Waals surface area contributed by atoms with Gasteiger partial charge in [-0.3, -0.25) is 0 Å². The monoisotopic (exact) mass is 365 g/mol. The molecule has 2 unspecified atom stereocenters. The summed E-state index contributed by atoms with van der Waals surface area (Å²) in [4.78, 5) is 0. The molecule has 0 amide bonds. The fraction of sp³-hybridized carbons (Fsp3) is 0.692. The Kier molecular flexibility index (Phi) is 4.61. The highest BCUT2D eigenvalue weighted by molar-refractivity contribution is 7.92. The zero-order valence-corrected chi connectivity index (χ0v) is 14.5. The maximum Gasteiger partial charge on any atom is 0.252 e. The van der Waals surface area contributed by atoms with Gasteiger partial charge in [0.15, 0.2) is 9.84 Å². The molecule has 2 aliphatic heterocycles. The third kappa shape index (κ3) is 3.38. The molecular weight excluding hydrogens is 346 g/mol. The van der Waals surface area contributed by atoms with E-state index in [1.54, 1.807) is 17.5 Å². The number of sulfonamides is 1. The Bertz CT molecular complexity index is 705. The van der Waals surface area contributed by atoms with E-state index >= 15 is 0 Å². The van der Waals surface area contributed by atoms with Crippen molar-refractivity contribution in [2.45, 2.75) is 35.6 Å². The second-order valence-electron chi connectivity index (χ2n) is 5.70. The standard InChI is InChI=1S/C13H19NO5S3/c15-21(16)8-5-11(10-21)14(9-12-3-1-6-19-12)22(17,18)13-4-2-7-20-13/h2,4,7,11-12H,1,3,5-6,8-10H2. The molecule has 0 radical (unpaired) electrons. The zero-order valence-electron chi connectivity index (χ0n) is 12.0. The normalized spacial score (nSPS) is 28.4. The van der Waals surface area contributed by atoms with Gasteiger partial charge >= 0.3 is 0 Å². The van der Waals surface area contributed by atoms with Gasteiger partial charge in [-0.05, 0) is 30.7 Å². The summed E-state index contributed by atoms with van der Waals surface area (Å²) in [6, 6.07) is 2.76. The largest absolute Gasteiger partial charge is 0.377 e. The van der Waals surface area contributed by atoms with Gasteiger partial charge in [0, 0.05) is 19.2 Å². The average molecular weight is 365 g/mol. The highest BCUT2D eigenvalue weighted by Crippen LogP contribution is 2.29. The van der Waals surface area contributed by atoms with Crippen molar-refractivity contribution in [1.82, 2.24) is 4.31 Å². The van der Waals surface area contributed by atoms with Crippen molar-refractivity contribution < 1.29 is 21.6 Å². The predicted molar refractivity (Wildman–Crippen MR) is 84.2 cm³/mol. The van der Waals surface area contributed by atoms with Crippen LogP contribution in [0.5, 0.6) is 0 Å². The van der Waals surface area contributed by atoms with E-state index in [9.17, 15) is 16.8 Å². The Morgan fingerprint density at radius 2 is 2.18 bits per heavy atom. The zero-order chi connectivity index (χ0) is 15.8. The van der Waals surface area contributed by atoms with E-state index in [0.717, 1.165) is 24.2 Å².